The first-order valence-corrected chi connectivity index (χ1v) is 4.59. The average molecular weight is 226 g/mol. The van der Waals surface area contributed by atoms with Crippen LogP contribution in [-0.4, -0.2) is 47.0 Å². The van der Waals surface area contributed by atoms with Crippen LogP contribution >= 0.6 is 0 Å². The molecule has 8 nitrogen and oxygen atoms in total. The van der Waals surface area contributed by atoms with Gasteiger partial charge in [-0.2, -0.15) is 20.0 Å². The minimum absolute atomic E-state index is 0.160. The second-order valence-electron chi connectivity index (χ2n) is 1.71. The zero-order chi connectivity index (χ0) is 11.9. The number of isocyanates is 4. The number of nitrogens with zero attached hydrogens (tertiary/aromatic N) is 4. The molecule has 0 spiro atoms. The summed E-state index contributed by atoms with van der Waals surface area (Å²) in [6.07, 6.45) is 4.99. The van der Waals surface area contributed by atoms with Crippen molar-refractivity contribution in [3.63, 3.8) is 0 Å². The van der Waals surface area contributed by atoms with Gasteiger partial charge in [-0.1, -0.05) is 0 Å². The molecule has 0 aromatic carbocycles. The molecule has 0 aliphatic heterocycles. The topological polar surface area (TPSA) is 118 Å². The summed E-state index contributed by atoms with van der Waals surface area (Å²) in [6.45, 7) is -0.160. The van der Waals surface area contributed by atoms with Gasteiger partial charge in [-0.25, -0.2) is 19.2 Å². The zero-order valence-electron chi connectivity index (χ0n) is 7.71. The quantitative estimate of drug-likeness (QED) is 0.310. The van der Waals surface area contributed by atoms with E-state index in [-0.39, 0.29) is 6.67 Å². The van der Waals surface area contributed by atoms with Gasteiger partial charge in [0.05, 0.1) is 10.2 Å². The van der Waals surface area contributed by atoms with E-state index in [0.29, 0.717) is 10.2 Å². The van der Waals surface area contributed by atoms with E-state index < -0.39 is 5.79 Å². The van der Waals surface area contributed by atoms with Crippen molar-refractivity contribution >= 4 is 34.6 Å². The molecule has 0 saturated heterocycles. The van der Waals surface area contributed by atoms with Gasteiger partial charge in [0, 0.05) is 0 Å². The highest BCUT2D eigenvalue weighted by molar-refractivity contribution is 6.12. The van der Waals surface area contributed by atoms with Crippen molar-refractivity contribution in [1.82, 2.24) is 0 Å². The predicted octanol–water partition coefficient (Wildman–Crippen LogP) is -2.08. The second kappa shape index (κ2) is 14.3. The molecule has 0 rings (SSSR count). The first-order chi connectivity index (χ1) is 7.22. The molecule has 0 amide bonds. The Morgan fingerprint density at radius 2 is 1.27 bits per heavy atom. The molecule has 0 N–H and O–H groups in total. The lowest BCUT2D eigenvalue weighted by molar-refractivity contribution is 0.557. The van der Waals surface area contributed by atoms with E-state index in [9.17, 15) is 19.2 Å². The van der Waals surface area contributed by atoms with Crippen molar-refractivity contribution in [3.8, 4) is 0 Å². The molecule has 0 bridgehead atoms. The molecular weight excluding hydrogens is 220 g/mol. The number of aliphatic imine (C=N–C) groups is 4. The fraction of sp³-hybridized carbons (Fsp3) is 0.333. The predicted molar refractivity (Wildman–Crippen MR) is 51.1 cm³/mol. The lowest BCUT2D eigenvalue weighted by atomic mass is 11.1. The zero-order valence-corrected chi connectivity index (χ0v) is 9.71. The van der Waals surface area contributed by atoms with Crippen molar-refractivity contribution in [2.45, 2.75) is 5.79 Å². The van der Waals surface area contributed by atoms with Crippen LogP contribution in [0.4, 0.5) is 0 Å². The van der Waals surface area contributed by atoms with Gasteiger partial charge in [0.1, 0.15) is 5.79 Å². The Balaban J connectivity index is 0. The van der Waals surface area contributed by atoms with Gasteiger partial charge in [-0.15, -0.1) is 0 Å². The van der Waals surface area contributed by atoms with Crippen LogP contribution in [0, 0.1) is 0 Å². The highest BCUT2D eigenvalue weighted by Gasteiger charge is 1.88. The first kappa shape index (κ1) is 15.2. The normalized spacial score (nSPS) is 8.53. The van der Waals surface area contributed by atoms with Crippen LogP contribution < -0.4 is 0 Å². The standard InChI is InChI=1S/C3H4N2O2Si.C3H2N2O2/c6-1-4-3(8)5-2-7;6-2-4-1-5-3-7/h3H,8H3;1H2. The monoisotopic (exact) mass is 226 g/mol. The Labute approximate surface area is 87.0 Å². The molecule has 15 heavy (non-hydrogen) atoms. The van der Waals surface area contributed by atoms with Crippen molar-refractivity contribution in [3.05, 3.63) is 0 Å². The van der Waals surface area contributed by atoms with Crippen LogP contribution in [0.5, 0.6) is 0 Å². The molecule has 78 valence electrons. The first-order valence-electron chi connectivity index (χ1n) is 3.44. The van der Waals surface area contributed by atoms with Gasteiger partial charge in [-0.3, -0.25) is 0 Å². The molecule has 0 unspecified atom stereocenters. The van der Waals surface area contributed by atoms with Crippen LogP contribution in [-0.2, 0) is 19.2 Å². The Kier molecular flexibility index (Phi) is 14.5. The highest BCUT2D eigenvalue weighted by Crippen LogP contribution is 1.78. The number of carbonyl (C=O) groups excluding carboxylic acids is 4. The maximum absolute atomic E-state index is 9.43. The van der Waals surface area contributed by atoms with Crippen molar-refractivity contribution in [2.75, 3.05) is 6.67 Å². The molecule has 0 radical (unpaired) electrons. The molecule has 0 heterocycles. The van der Waals surface area contributed by atoms with E-state index in [1.165, 1.54) is 24.3 Å². The largest absolute Gasteiger partial charge is 0.236 e. The number of rotatable bonds is 4. The van der Waals surface area contributed by atoms with Crippen molar-refractivity contribution < 1.29 is 19.2 Å². The number of hydrogen-bond acceptors (Lipinski definition) is 8. The van der Waals surface area contributed by atoms with Gasteiger partial charge in [-0.05, 0) is 0 Å². The highest BCUT2D eigenvalue weighted by atomic mass is 28.1. The summed E-state index contributed by atoms with van der Waals surface area (Å²) in [5.41, 5.74) is 0. The minimum Gasteiger partial charge on any atom is -0.211 e. The van der Waals surface area contributed by atoms with Gasteiger partial charge < -0.3 is 0 Å². The van der Waals surface area contributed by atoms with Crippen molar-refractivity contribution in [1.29, 1.82) is 0 Å². The summed E-state index contributed by atoms with van der Waals surface area (Å²) >= 11 is 0. The summed E-state index contributed by atoms with van der Waals surface area (Å²) in [5, 5.41) is 0. The van der Waals surface area contributed by atoms with E-state index in [1.54, 1.807) is 0 Å². The summed E-state index contributed by atoms with van der Waals surface area (Å²) in [7, 11) is 0.550. The Morgan fingerprint density at radius 1 is 0.867 bits per heavy atom. The van der Waals surface area contributed by atoms with E-state index in [2.05, 4.69) is 20.0 Å². The van der Waals surface area contributed by atoms with Crippen molar-refractivity contribution in [2.24, 2.45) is 20.0 Å². The van der Waals surface area contributed by atoms with Crippen LogP contribution in [0.15, 0.2) is 20.0 Å². The van der Waals surface area contributed by atoms with Gasteiger partial charge in [0.2, 0.25) is 24.3 Å². The second-order valence-corrected chi connectivity index (χ2v) is 2.75. The molecular formula is C6H6N4O4Si. The Hall–Kier alpha value is -2.26. The van der Waals surface area contributed by atoms with Crippen LogP contribution in [0.2, 0.25) is 0 Å². The minimum atomic E-state index is -0.495. The third-order valence-electron chi connectivity index (χ3n) is 0.750. The molecule has 0 aliphatic carbocycles. The Morgan fingerprint density at radius 3 is 1.53 bits per heavy atom. The molecule has 0 atom stereocenters. The fourth-order valence-corrected chi connectivity index (χ4v) is 0.485. The smallest absolute Gasteiger partial charge is 0.211 e. The van der Waals surface area contributed by atoms with Gasteiger partial charge >= 0.3 is 0 Å². The van der Waals surface area contributed by atoms with E-state index >= 15 is 0 Å². The maximum atomic E-state index is 9.43. The molecule has 0 aliphatic rings. The molecule has 0 aromatic heterocycles. The summed E-state index contributed by atoms with van der Waals surface area (Å²) < 4.78 is 0. The maximum Gasteiger partial charge on any atom is 0.236 e. The summed E-state index contributed by atoms with van der Waals surface area (Å²) in [6, 6.07) is 0. The molecule has 0 saturated carbocycles. The number of hydrogen-bond donors (Lipinski definition) is 0. The van der Waals surface area contributed by atoms with Gasteiger partial charge in [0.25, 0.3) is 0 Å². The Bertz CT molecular complexity index is 325. The fourth-order valence-electron chi connectivity index (χ4n) is 0.275. The average Bonchev–Trinajstić information content (AvgIpc) is 2.20. The third kappa shape index (κ3) is 18.6. The van der Waals surface area contributed by atoms with Crippen LogP contribution in [0.3, 0.4) is 0 Å². The molecule has 9 heteroatoms. The lowest BCUT2D eigenvalue weighted by Crippen LogP contribution is -1.96. The van der Waals surface area contributed by atoms with Crippen LogP contribution in [0.25, 0.3) is 0 Å². The summed E-state index contributed by atoms with van der Waals surface area (Å²) in [4.78, 5) is 49.4. The third-order valence-corrected chi connectivity index (χ3v) is 1.27. The van der Waals surface area contributed by atoms with Crippen LogP contribution in [0.1, 0.15) is 0 Å². The van der Waals surface area contributed by atoms with Gasteiger partial charge in [0.15, 0.2) is 6.67 Å². The molecule has 0 aromatic rings. The lowest BCUT2D eigenvalue weighted by Gasteiger charge is -1.84. The van der Waals surface area contributed by atoms with E-state index in [4.69, 9.17) is 0 Å². The molecule has 0 fully saturated rings. The van der Waals surface area contributed by atoms with E-state index in [0.717, 1.165) is 0 Å². The summed E-state index contributed by atoms with van der Waals surface area (Å²) in [5.74, 6) is -0.495. The van der Waals surface area contributed by atoms with E-state index in [1.807, 2.05) is 0 Å². The SMILES string of the molecule is O=C=NC([SiH3])N=C=O.O=C=NCN=C=O.